The highest BCUT2D eigenvalue weighted by Crippen LogP contribution is 2.19. The zero-order chi connectivity index (χ0) is 10.9. The van der Waals surface area contributed by atoms with Crippen LogP contribution in [-0.4, -0.2) is 37.6 Å². The summed E-state index contributed by atoms with van der Waals surface area (Å²) in [6, 6.07) is 0.553. The summed E-state index contributed by atoms with van der Waals surface area (Å²) in [4.78, 5) is 0. The molecule has 1 saturated heterocycles. The van der Waals surface area contributed by atoms with Gasteiger partial charge in [-0.05, 0) is 37.4 Å². The van der Waals surface area contributed by atoms with Crippen LogP contribution in [0.3, 0.4) is 0 Å². The molecule has 0 aromatic carbocycles. The minimum Gasteiger partial charge on any atom is -0.362 e. The van der Waals surface area contributed by atoms with Gasteiger partial charge in [0.05, 0.1) is 11.5 Å². The highest BCUT2D eigenvalue weighted by Gasteiger charge is 2.28. The van der Waals surface area contributed by atoms with Gasteiger partial charge in [0.2, 0.25) is 0 Å². The normalized spacial score (nSPS) is 28.7. The predicted molar refractivity (Wildman–Crippen MR) is 63.5 cm³/mol. The molecule has 15 heavy (non-hydrogen) atoms. The molecule has 86 valence electrons. The van der Waals surface area contributed by atoms with Gasteiger partial charge in [0.15, 0.2) is 14.9 Å². The topological polar surface area (TPSA) is 58.2 Å². The van der Waals surface area contributed by atoms with Crippen molar-refractivity contribution in [2.24, 2.45) is 5.92 Å². The second-order valence-corrected chi connectivity index (χ2v) is 7.03. The molecule has 2 aliphatic rings. The van der Waals surface area contributed by atoms with Crippen molar-refractivity contribution in [2.45, 2.75) is 25.3 Å². The fourth-order valence-electron chi connectivity index (χ4n) is 1.73. The Morgan fingerprint density at radius 1 is 1.33 bits per heavy atom. The standard InChI is InChI=1S/C9H16N2O2S2/c12-15(13)4-3-7(6-15)5-10-9(14)11-8-1-2-8/h7-8H,1-6H2,(H2,10,11,14). The molecule has 1 atom stereocenters. The molecule has 6 heteroatoms. The third-order valence-electron chi connectivity index (χ3n) is 2.79. The maximum absolute atomic E-state index is 11.2. The first-order valence-corrected chi connectivity index (χ1v) is 7.53. The van der Waals surface area contributed by atoms with Crippen LogP contribution in [0.25, 0.3) is 0 Å². The number of rotatable bonds is 3. The Bertz CT molecular complexity index is 349. The van der Waals surface area contributed by atoms with Crippen LogP contribution in [0.15, 0.2) is 0 Å². The van der Waals surface area contributed by atoms with E-state index in [1.54, 1.807) is 0 Å². The molecule has 4 nitrogen and oxygen atoms in total. The van der Waals surface area contributed by atoms with Crippen molar-refractivity contribution in [2.75, 3.05) is 18.1 Å². The van der Waals surface area contributed by atoms with Crippen molar-refractivity contribution >= 4 is 27.2 Å². The van der Waals surface area contributed by atoms with Gasteiger partial charge in [-0.25, -0.2) is 8.42 Å². The summed E-state index contributed by atoms with van der Waals surface area (Å²) in [5.74, 6) is 0.878. The molecule has 1 heterocycles. The first-order chi connectivity index (χ1) is 7.05. The van der Waals surface area contributed by atoms with Gasteiger partial charge in [-0.3, -0.25) is 0 Å². The van der Waals surface area contributed by atoms with Crippen LogP contribution in [0.5, 0.6) is 0 Å². The lowest BCUT2D eigenvalue weighted by Crippen LogP contribution is -2.39. The minimum absolute atomic E-state index is 0.231. The van der Waals surface area contributed by atoms with Gasteiger partial charge in [-0.15, -0.1) is 0 Å². The van der Waals surface area contributed by atoms with Gasteiger partial charge in [0, 0.05) is 12.6 Å². The van der Waals surface area contributed by atoms with E-state index in [-0.39, 0.29) is 5.92 Å². The summed E-state index contributed by atoms with van der Waals surface area (Å²) in [6.45, 7) is 0.678. The van der Waals surface area contributed by atoms with Crippen LogP contribution >= 0.6 is 12.2 Å². The summed E-state index contributed by atoms with van der Waals surface area (Å²) in [5, 5.41) is 6.93. The van der Waals surface area contributed by atoms with Crippen LogP contribution in [0.1, 0.15) is 19.3 Å². The molecule has 0 radical (unpaired) electrons. The van der Waals surface area contributed by atoms with Crippen molar-refractivity contribution in [3.8, 4) is 0 Å². The summed E-state index contributed by atoms with van der Waals surface area (Å²) >= 11 is 5.09. The smallest absolute Gasteiger partial charge is 0.166 e. The second-order valence-electron chi connectivity index (χ2n) is 4.40. The fraction of sp³-hybridized carbons (Fsp3) is 0.889. The molecule has 1 unspecified atom stereocenters. The lowest BCUT2D eigenvalue weighted by molar-refractivity contribution is 0.570. The molecule has 1 saturated carbocycles. The van der Waals surface area contributed by atoms with Crippen molar-refractivity contribution in [1.29, 1.82) is 0 Å². The maximum atomic E-state index is 11.2. The minimum atomic E-state index is -2.76. The van der Waals surface area contributed by atoms with Gasteiger partial charge in [0.25, 0.3) is 0 Å². The molecule has 2 N–H and O–H groups in total. The van der Waals surface area contributed by atoms with Gasteiger partial charge in [-0.2, -0.15) is 0 Å². The van der Waals surface area contributed by atoms with E-state index in [9.17, 15) is 8.42 Å². The summed E-state index contributed by atoms with van der Waals surface area (Å²) in [5.41, 5.74) is 0. The van der Waals surface area contributed by atoms with E-state index < -0.39 is 9.84 Å². The lowest BCUT2D eigenvalue weighted by Gasteiger charge is -2.12. The van der Waals surface area contributed by atoms with E-state index >= 15 is 0 Å². The number of hydrogen-bond donors (Lipinski definition) is 2. The zero-order valence-electron chi connectivity index (χ0n) is 8.53. The average molecular weight is 248 g/mol. The van der Waals surface area contributed by atoms with E-state index in [4.69, 9.17) is 12.2 Å². The molecule has 1 aliphatic heterocycles. The van der Waals surface area contributed by atoms with E-state index in [0.29, 0.717) is 29.2 Å². The molecule has 0 aromatic heterocycles. The molecule has 0 amide bonds. The third-order valence-corrected chi connectivity index (χ3v) is 4.89. The first-order valence-electron chi connectivity index (χ1n) is 5.30. The Balaban J connectivity index is 1.67. The molecule has 0 bridgehead atoms. The van der Waals surface area contributed by atoms with E-state index in [1.807, 2.05) is 0 Å². The zero-order valence-corrected chi connectivity index (χ0v) is 10.2. The van der Waals surface area contributed by atoms with E-state index in [1.165, 1.54) is 12.8 Å². The Kier molecular flexibility index (Phi) is 3.16. The molecule has 1 aliphatic carbocycles. The number of nitrogens with one attached hydrogen (secondary N) is 2. The van der Waals surface area contributed by atoms with Crippen molar-refractivity contribution < 1.29 is 8.42 Å². The van der Waals surface area contributed by atoms with Crippen LogP contribution < -0.4 is 10.6 Å². The first kappa shape index (κ1) is 11.1. The van der Waals surface area contributed by atoms with Crippen LogP contribution in [0.4, 0.5) is 0 Å². The van der Waals surface area contributed by atoms with Gasteiger partial charge in [0.1, 0.15) is 0 Å². The molecule has 2 rings (SSSR count). The van der Waals surface area contributed by atoms with Crippen molar-refractivity contribution in [3.63, 3.8) is 0 Å². The van der Waals surface area contributed by atoms with Crippen molar-refractivity contribution in [1.82, 2.24) is 10.6 Å². The molecular weight excluding hydrogens is 232 g/mol. The Hall–Kier alpha value is -0.360. The second kappa shape index (κ2) is 4.25. The fourth-order valence-corrected chi connectivity index (χ4v) is 3.85. The summed E-state index contributed by atoms with van der Waals surface area (Å²) in [7, 11) is -2.76. The van der Waals surface area contributed by atoms with Gasteiger partial charge < -0.3 is 10.6 Å². The van der Waals surface area contributed by atoms with E-state index in [2.05, 4.69) is 10.6 Å². The highest BCUT2D eigenvalue weighted by molar-refractivity contribution is 7.91. The van der Waals surface area contributed by atoms with Gasteiger partial charge in [-0.1, -0.05) is 0 Å². The monoisotopic (exact) mass is 248 g/mol. The Morgan fingerprint density at radius 2 is 2.07 bits per heavy atom. The number of thiocarbonyl (C=S) groups is 1. The summed E-state index contributed by atoms with van der Waals surface area (Å²) in [6.07, 6.45) is 3.15. The SMILES string of the molecule is O=S1(=O)CCC(CNC(=S)NC2CC2)C1. The molecular formula is C9H16N2O2S2. The average Bonchev–Trinajstić information content (AvgIpc) is 2.87. The maximum Gasteiger partial charge on any atom is 0.166 e. The van der Waals surface area contributed by atoms with Crippen molar-refractivity contribution in [3.05, 3.63) is 0 Å². The molecule has 0 aromatic rings. The third kappa shape index (κ3) is 3.61. The van der Waals surface area contributed by atoms with Crippen LogP contribution in [-0.2, 0) is 9.84 Å². The molecule has 2 fully saturated rings. The van der Waals surface area contributed by atoms with E-state index in [0.717, 1.165) is 6.42 Å². The Labute approximate surface area is 95.7 Å². The molecule has 0 spiro atoms. The lowest BCUT2D eigenvalue weighted by atomic mass is 10.1. The van der Waals surface area contributed by atoms with Crippen LogP contribution in [0, 0.1) is 5.92 Å². The highest BCUT2D eigenvalue weighted by atomic mass is 32.2. The quantitative estimate of drug-likeness (QED) is 0.691. The summed E-state index contributed by atoms with van der Waals surface area (Å²) < 4.78 is 22.4. The largest absolute Gasteiger partial charge is 0.362 e. The van der Waals surface area contributed by atoms with Crippen LogP contribution in [0.2, 0.25) is 0 Å². The predicted octanol–water partition coefficient (Wildman–Crippen LogP) is 0.0476. The van der Waals surface area contributed by atoms with Gasteiger partial charge >= 0.3 is 0 Å². The number of hydrogen-bond acceptors (Lipinski definition) is 3. The Morgan fingerprint density at radius 3 is 2.60 bits per heavy atom. The number of sulfone groups is 1.